The molecule has 1 rings (SSSR count). The fourth-order valence-corrected chi connectivity index (χ4v) is 1.10. The number of allylic oxidation sites excluding steroid dienone is 2. The molecule has 0 bridgehead atoms. The number of hydrogen-bond donors (Lipinski definition) is 0. The Hall–Kier alpha value is -0.280. The Morgan fingerprint density at radius 1 is 1.56 bits per heavy atom. The molecule has 1 heterocycles. The molecule has 0 aromatic heterocycles. The highest BCUT2D eigenvalue weighted by Crippen LogP contribution is 2.12. The van der Waals surface area contributed by atoms with Crippen molar-refractivity contribution in [1.29, 1.82) is 0 Å². The van der Waals surface area contributed by atoms with Crippen molar-refractivity contribution in [3.63, 3.8) is 0 Å². The SMILES string of the molecule is CON1C=CC=CC1Br. The monoisotopic (exact) mass is 189 g/mol. The van der Waals surface area contributed by atoms with Crippen LogP contribution in [0.5, 0.6) is 0 Å². The highest BCUT2D eigenvalue weighted by Gasteiger charge is 2.07. The van der Waals surface area contributed by atoms with Gasteiger partial charge in [-0.2, -0.15) is 0 Å². The first-order chi connectivity index (χ1) is 4.34. The first-order valence-electron chi connectivity index (χ1n) is 2.66. The molecule has 1 atom stereocenters. The molecule has 0 saturated heterocycles. The van der Waals surface area contributed by atoms with Crippen molar-refractivity contribution in [2.24, 2.45) is 0 Å². The Balaban J connectivity index is 2.55. The number of nitrogens with zero attached hydrogens (tertiary/aromatic N) is 1. The van der Waals surface area contributed by atoms with Gasteiger partial charge in [-0.05, 0) is 12.2 Å². The van der Waals surface area contributed by atoms with E-state index in [0.717, 1.165) is 0 Å². The van der Waals surface area contributed by atoms with E-state index in [1.165, 1.54) is 0 Å². The number of alkyl halides is 1. The molecule has 0 aromatic rings. The van der Waals surface area contributed by atoms with E-state index in [-0.39, 0.29) is 4.95 Å². The second-order valence-corrected chi connectivity index (χ2v) is 2.58. The maximum atomic E-state index is 4.95. The molecule has 0 aliphatic carbocycles. The summed E-state index contributed by atoms with van der Waals surface area (Å²) in [6, 6.07) is 0. The van der Waals surface area contributed by atoms with Crippen LogP contribution < -0.4 is 0 Å². The summed E-state index contributed by atoms with van der Waals surface area (Å²) in [5, 5.41) is 1.71. The fourth-order valence-electron chi connectivity index (χ4n) is 0.619. The van der Waals surface area contributed by atoms with E-state index in [4.69, 9.17) is 4.84 Å². The smallest absolute Gasteiger partial charge is 0.129 e. The Bertz CT molecular complexity index is 144. The molecule has 0 amide bonds. The van der Waals surface area contributed by atoms with Crippen LogP contribution in [-0.2, 0) is 4.84 Å². The van der Waals surface area contributed by atoms with Crippen LogP contribution in [0, 0.1) is 0 Å². The van der Waals surface area contributed by atoms with Crippen LogP contribution in [0.2, 0.25) is 0 Å². The normalized spacial score (nSPS) is 25.1. The number of halogens is 1. The predicted molar refractivity (Wildman–Crippen MR) is 39.8 cm³/mol. The zero-order valence-electron chi connectivity index (χ0n) is 5.12. The van der Waals surface area contributed by atoms with Crippen LogP contribution in [0.25, 0.3) is 0 Å². The topological polar surface area (TPSA) is 12.5 Å². The lowest BCUT2D eigenvalue weighted by Gasteiger charge is -2.22. The van der Waals surface area contributed by atoms with Crippen LogP contribution in [0.15, 0.2) is 24.4 Å². The quantitative estimate of drug-likeness (QED) is 0.460. The second-order valence-electron chi connectivity index (χ2n) is 1.64. The Labute approximate surface area is 62.9 Å². The lowest BCUT2D eigenvalue weighted by Crippen LogP contribution is -2.23. The summed E-state index contributed by atoms with van der Waals surface area (Å²) >= 11 is 3.38. The summed E-state index contributed by atoms with van der Waals surface area (Å²) in [5.41, 5.74) is 0. The van der Waals surface area contributed by atoms with Crippen molar-refractivity contribution in [2.75, 3.05) is 7.11 Å². The maximum Gasteiger partial charge on any atom is 0.129 e. The van der Waals surface area contributed by atoms with E-state index >= 15 is 0 Å². The molecule has 50 valence electrons. The van der Waals surface area contributed by atoms with Gasteiger partial charge < -0.3 is 0 Å². The predicted octanol–water partition coefficient (Wildman–Crippen LogP) is 1.65. The molecule has 0 aromatic carbocycles. The third-order valence-corrected chi connectivity index (χ3v) is 1.78. The second kappa shape index (κ2) is 3.03. The van der Waals surface area contributed by atoms with Crippen LogP contribution >= 0.6 is 15.9 Å². The largest absolute Gasteiger partial charge is 0.276 e. The maximum absolute atomic E-state index is 4.95. The lowest BCUT2D eigenvalue weighted by molar-refractivity contribution is -0.0863. The van der Waals surface area contributed by atoms with Crippen molar-refractivity contribution in [1.82, 2.24) is 5.06 Å². The number of hydrogen-bond acceptors (Lipinski definition) is 2. The van der Waals surface area contributed by atoms with Crippen molar-refractivity contribution in [3.8, 4) is 0 Å². The molecule has 1 aliphatic rings. The minimum absolute atomic E-state index is 0.174. The van der Waals surface area contributed by atoms with Crippen molar-refractivity contribution in [3.05, 3.63) is 24.4 Å². The van der Waals surface area contributed by atoms with E-state index in [0.29, 0.717) is 0 Å². The average Bonchev–Trinajstić information content (AvgIpc) is 1.89. The molecule has 0 radical (unpaired) electrons. The molecule has 0 fully saturated rings. The zero-order valence-corrected chi connectivity index (χ0v) is 6.71. The zero-order chi connectivity index (χ0) is 6.69. The summed E-state index contributed by atoms with van der Waals surface area (Å²) in [6.45, 7) is 0. The van der Waals surface area contributed by atoms with Gasteiger partial charge in [-0.15, -0.1) is 0 Å². The van der Waals surface area contributed by atoms with E-state index in [9.17, 15) is 0 Å². The van der Waals surface area contributed by atoms with Crippen LogP contribution in [0.3, 0.4) is 0 Å². The van der Waals surface area contributed by atoms with Gasteiger partial charge in [-0.1, -0.05) is 22.0 Å². The van der Waals surface area contributed by atoms with Gasteiger partial charge in [0.05, 0.1) is 7.11 Å². The Morgan fingerprint density at radius 3 is 2.78 bits per heavy atom. The molecule has 1 aliphatic heterocycles. The van der Waals surface area contributed by atoms with Crippen molar-refractivity contribution < 1.29 is 4.84 Å². The van der Waals surface area contributed by atoms with Crippen LogP contribution in [0.1, 0.15) is 0 Å². The first kappa shape index (κ1) is 6.83. The molecule has 0 spiro atoms. The summed E-state index contributed by atoms with van der Waals surface area (Å²) in [4.78, 5) is 5.13. The van der Waals surface area contributed by atoms with Gasteiger partial charge in [0.25, 0.3) is 0 Å². The van der Waals surface area contributed by atoms with Gasteiger partial charge in [0, 0.05) is 6.20 Å². The molecule has 9 heavy (non-hydrogen) atoms. The summed E-state index contributed by atoms with van der Waals surface area (Å²) in [7, 11) is 1.64. The van der Waals surface area contributed by atoms with Crippen LogP contribution in [-0.4, -0.2) is 17.1 Å². The number of rotatable bonds is 1. The standard InChI is InChI=1S/C6H8BrNO/c1-9-8-5-3-2-4-6(8)7/h2-6H,1H3. The minimum atomic E-state index is 0.174. The van der Waals surface area contributed by atoms with Crippen molar-refractivity contribution in [2.45, 2.75) is 4.95 Å². The van der Waals surface area contributed by atoms with Crippen LogP contribution in [0.4, 0.5) is 0 Å². The van der Waals surface area contributed by atoms with Crippen molar-refractivity contribution >= 4 is 15.9 Å². The Kier molecular flexibility index (Phi) is 2.30. The molecule has 0 N–H and O–H groups in total. The summed E-state index contributed by atoms with van der Waals surface area (Å²) in [6.07, 6.45) is 7.74. The van der Waals surface area contributed by atoms with E-state index in [1.54, 1.807) is 12.2 Å². The van der Waals surface area contributed by atoms with Gasteiger partial charge in [-0.25, -0.2) is 5.06 Å². The fraction of sp³-hybridized carbons (Fsp3) is 0.333. The molecule has 1 unspecified atom stereocenters. The highest BCUT2D eigenvalue weighted by molar-refractivity contribution is 9.09. The van der Waals surface area contributed by atoms with Gasteiger partial charge in [0.2, 0.25) is 0 Å². The first-order valence-corrected chi connectivity index (χ1v) is 3.57. The Morgan fingerprint density at radius 2 is 2.33 bits per heavy atom. The third-order valence-electron chi connectivity index (χ3n) is 1.07. The van der Waals surface area contributed by atoms with E-state index in [2.05, 4.69) is 15.9 Å². The van der Waals surface area contributed by atoms with E-state index < -0.39 is 0 Å². The highest BCUT2D eigenvalue weighted by atomic mass is 79.9. The van der Waals surface area contributed by atoms with Gasteiger partial charge in [0.1, 0.15) is 4.95 Å². The third kappa shape index (κ3) is 1.56. The summed E-state index contributed by atoms with van der Waals surface area (Å²) in [5.74, 6) is 0. The molecular weight excluding hydrogens is 182 g/mol. The summed E-state index contributed by atoms with van der Waals surface area (Å²) < 4.78 is 0. The molecular formula is C6H8BrNO. The number of hydroxylamine groups is 2. The molecule has 2 nitrogen and oxygen atoms in total. The average molecular weight is 190 g/mol. The molecule has 3 heteroatoms. The molecule has 0 saturated carbocycles. The lowest BCUT2D eigenvalue weighted by atomic mass is 10.4. The minimum Gasteiger partial charge on any atom is -0.276 e. The van der Waals surface area contributed by atoms with Gasteiger partial charge in [-0.3, -0.25) is 4.84 Å². The van der Waals surface area contributed by atoms with Gasteiger partial charge in [0.15, 0.2) is 0 Å². The van der Waals surface area contributed by atoms with E-state index in [1.807, 2.05) is 24.4 Å². The van der Waals surface area contributed by atoms with Gasteiger partial charge >= 0.3 is 0 Å².